The Labute approximate surface area is 184 Å². The molecule has 0 atom stereocenters. The van der Waals surface area contributed by atoms with Crippen LogP contribution < -0.4 is 10.1 Å². The highest BCUT2D eigenvalue weighted by Gasteiger charge is 2.20. The van der Waals surface area contributed by atoms with Crippen LogP contribution in [0.2, 0.25) is 0 Å². The van der Waals surface area contributed by atoms with Crippen molar-refractivity contribution >= 4 is 35.1 Å². The van der Waals surface area contributed by atoms with E-state index in [1.54, 1.807) is 32.2 Å². The standard InChI is InChI=1S/C23H22N2O5S/c1-3-29-23(27)22-19(13-20(31-22)17-7-5-4-6-8-17)25-21(26)15-30-24-14-16-9-11-18(28-2)12-10-16/h4-14H,3,15H2,1-2H3,(H,25,26). The largest absolute Gasteiger partial charge is 0.497 e. The molecule has 0 bridgehead atoms. The molecule has 0 unspecified atom stereocenters. The summed E-state index contributed by atoms with van der Waals surface area (Å²) in [6.45, 7) is 1.68. The summed E-state index contributed by atoms with van der Waals surface area (Å²) in [4.78, 5) is 30.9. The molecular formula is C23H22N2O5S. The van der Waals surface area contributed by atoms with E-state index < -0.39 is 11.9 Å². The second-order valence-electron chi connectivity index (χ2n) is 6.27. The van der Waals surface area contributed by atoms with Gasteiger partial charge in [0.15, 0.2) is 6.61 Å². The number of methoxy groups -OCH3 is 1. The Bertz CT molecular complexity index is 1050. The highest BCUT2D eigenvalue weighted by atomic mass is 32.1. The monoisotopic (exact) mass is 438 g/mol. The Morgan fingerprint density at radius 1 is 1.10 bits per heavy atom. The van der Waals surface area contributed by atoms with E-state index in [2.05, 4.69) is 10.5 Å². The number of anilines is 1. The van der Waals surface area contributed by atoms with E-state index in [1.165, 1.54) is 17.6 Å². The van der Waals surface area contributed by atoms with Gasteiger partial charge in [0.2, 0.25) is 0 Å². The molecule has 0 aliphatic heterocycles. The Morgan fingerprint density at radius 3 is 2.52 bits per heavy atom. The van der Waals surface area contributed by atoms with Crippen LogP contribution in [-0.2, 0) is 14.4 Å². The van der Waals surface area contributed by atoms with Crippen LogP contribution in [0.1, 0.15) is 22.2 Å². The lowest BCUT2D eigenvalue weighted by atomic mass is 10.2. The van der Waals surface area contributed by atoms with E-state index in [0.717, 1.165) is 21.8 Å². The van der Waals surface area contributed by atoms with Gasteiger partial charge in [-0.15, -0.1) is 11.3 Å². The third-order valence-electron chi connectivity index (χ3n) is 4.11. The smallest absolute Gasteiger partial charge is 0.350 e. The van der Waals surface area contributed by atoms with E-state index in [9.17, 15) is 9.59 Å². The Kier molecular flexibility index (Phi) is 7.78. The van der Waals surface area contributed by atoms with Gasteiger partial charge in [0.25, 0.3) is 5.91 Å². The lowest BCUT2D eigenvalue weighted by molar-refractivity contribution is -0.120. The number of hydrogen-bond donors (Lipinski definition) is 1. The molecule has 3 rings (SSSR count). The number of esters is 1. The van der Waals surface area contributed by atoms with Crippen molar-refractivity contribution in [2.75, 3.05) is 25.6 Å². The molecule has 8 heteroatoms. The molecule has 1 aromatic heterocycles. The predicted molar refractivity (Wildman–Crippen MR) is 121 cm³/mol. The Morgan fingerprint density at radius 2 is 1.84 bits per heavy atom. The van der Waals surface area contributed by atoms with E-state index in [4.69, 9.17) is 14.3 Å². The lowest BCUT2D eigenvalue weighted by Crippen LogP contribution is -2.18. The summed E-state index contributed by atoms with van der Waals surface area (Å²) in [5.74, 6) is -0.182. The molecule has 160 valence electrons. The van der Waals surface area contributed by atoms with Crippen LogP contribution in [0, 0.1) is 0 Å². The predicted octanol–water partition coefficient (Wildman–Crippen LogP) is 4.59. The molecule has 0 aliphatic carbocycles. The second-order valence-corrected chi connectivity index (χ2v) is 7.32. The Hall–Kier alpha value is -3.65. The van der Waals surface area contributed by atoms with Crippen LogP contribution in [0.3, 0.4) is 0 Å². The number of carbonyl (C=O) groups excluding carboxylic acids is 2. The molecule has 7 nitrogen and oxygen atoms in total. The number of thiophene rings is 1. The number of hydrogen-bond acceptors (Lipinski definition) is 7. The molecule has 0 spiro atoms. The van der Waals surface area contributed by atoms with Gasteiger partial charge in [0, 0.05) is 4.88 Å². The van der Waals surface area contributed by atoms with E-state index in [1.807, 2.05) is 42.5 Å². The average molecular weight is 439 g/mol. The first-order chi connectivity index (χ1) is 15.1. The van der Waals surface area contributed by atoms with E-state index >= 15 is 0 Å². The summed E-state index contributed by atoms with van der Waals surface area (Å²) in [5.41, 5.74) is 2.13. The van der Waals surface area contributed by atoms with Crippen molar-refractivity contribution in [2.45, 2.75) is 6.92 Å². The molecule has 3 aromatic rings. The molecule has 1 N–H and O–H groups in total. The third-order valence-corrected chi connectivity index (χ3v) is 5.28. The maximum absolute atomic E-state index is 12.3. The first-order valence-corrected chi connectivity index (χ1v) is 10.4. The molecule has 0 saturated heterocycles. The number of nitrogens with one attached hydrogen (secondary N) is 1. The number of amides is 1. The normalized spacial score (nSPS) is 10.6. The molecule has 0 radical (unpaired) electrons. The highest BCUT2D eigenvalue weighted by Crippen LogP contribution is 2.35. The van der Waals surface area contributed by atoms with Gasteiger partial charge in [0.05, 0.1) is 25.6 Å². The maximum atomic E-state index is 12.3. The number of oxime groups is 1. The quantitative estimate of drug-likeness (QED) is 0.300. The highest BCUT2D eigenvalue weighted by molar-refractivity contribution is 7.18. The molecule has 0 fully saturated rings. The van der Waals surface area contributed by atoms with Gasteiger partial charge in [-0.25, -0.2) is 4.79 Å². The van der Waals surface area contributed by atoms with Crippen molar-refractivity contribution in [2.24, 2.45) is 5.16 Å². The van der Waals surface area contributed by atoms with Gasteiger partial charge in [-0.2, -0.15) is 0 Å². The van der Waals surface area contributed by atoms with Gasteiger partial charge in [-0.3, -0.25) is 4.79 Å². The summed E-state index contributed by atoms with van der Waals surface area (Å²) in [6.07, 6.45) is 1.49. The van der Waals surface area contributed by atoms with Crippen molar-refractivity contribution < 1.29 is 23.9 Å². The van der Waals surface area contributed by atoms with Crippen LogP contribution in [-0.4, -0.2) is 38.4 Å². The zero-order valence-electron chi connectivity index (χ0n) is 17.2. The summed E-state index contributed by atoms with van der Waals surface area (Å²) >= 11 is 1.26. The first-order valence-electron chi connectivity index (χ1n) is 9.56. The number of nitrogens with zero attached hydrogens (tertiary/aromatic N) is 1. The second kappa shape index (κ2) is 10.9. The SMILES string of the molecule is CCOC(=O)c1sc(-c2ccccc2)cc1NC(=O)CON=Cc1ccc(OC)cc1. The molecule has 31 heavy (non-hydrogen) atoms. The topological polar surface area (TPSA) is 86.2 Å². The number of carbonyl (C=O) groups is 2. The zero-order valence-corrected chi connectivity index (χ0v) is 18.0. The summed E-state index contributed by atoms with van der Waals surface area (Å²) in [6, 6.07) is 18.6. The molecule has 2 aromatic carbocycles. The van der Waals surface area contributed by atoms with Gasteiger partial charge in [0.1, 0.15) is 10.6 Å². The van der Waals surface area contributed by atoms with Crippen molar-refractivity contribution in [3.63, 3.8) is 0 Å². The molecule has 0 saturated carbocycles. The fraction of sp³-hybridized carbons (Fsp3) is 0.174. The average Bonchev–Trinajstić information content (AvgIpc) is 3.22. The van der Waals surface area contributed by atoms with Crippen molar-refractivity contribution in [3.05, 3.63) is 71.1 Å². The van der Waals surface area contributed by atoms with Crippen molar-refractivity contribution in [1.29, 1.82) is 0 Å². The molecular weight excluding hydrogens is 416 g/mol. The number of rotatable bonds is 9. The van der Waals surface area contributed by atoms with Crippen LogP contribution in [0.15, 0.2) is 65.8 Å². The van der Waals surface area contributed by atoms with Crippen molar-refractivity contribution in [1.82, 2.24) is 0 Å². The van der Waals surface area contributed by atoms with Gasteiger partial charge in [-0.1, -0.05) is 35.5 Å². The van der Waals surface area contributed by atoms with Crippen LogP contribution in [0.4, 0.5) is 5.69 Å². The fourth-order valence-corrected chi connectivity index (χ4v) is 3.66. The van der Waals surface area contributed by atoms with Crippen LogP contribution in [0.25, 0.3) is 10.4 Å². The molecule has 1 heterocycles. The van der Waals surface area contributed by atoms with Gasteiger partial charge in [-0.05, 0) is 48.4 Å². The van der Waals surface area contributed by atoms with Gasteiger partial charge < -0.3 is 19.6 Å². The minimum Gasteiger partial charge on any atom is -0.497 e. The maximum Gasteiger partial charge on any atom is 0.350 e. The summed E-state index contributed by atoms with van der Waals surface area (Å²) in [7, 11) is 1.59. The van der Waals surface area contributed by atoms with Gasteiger partial charge >= 0.3 is 5.97 Å². The van der Waals surface area contributed by atoms with Crippen LogP contribution in [0.5, 0.6) is 5.75 Å². The molecule has 1 amide bonds. The minimum absolute atomic E-state index is 0.244. The number of ether oxygens (including phenoxy) is 2. The van der Waals surface area contributed by atoms with E-state index in [-0.39, 0.29) is 13.2 Å². The van der Waals surface area contributed by atoms with Crippen molar-refractivity contribution in [3.8, 4) is 16.2 Å². The van der Waals surface area contributed by atoms with Crippen LogP contribution >= 0.6 is 11.3 Å². The third kappa shape index (κ3) is 6.16. The molecule has 0 aliphatic rings. The van der Waals surface area contributed by atoms with E-state index in [0.29, 0.717) is 10.6 Å². The zero-order chi connectivity index (χ0) is 22.1. The minimum atomic E-state index is -0.483. The summed E-state index contributed by atoms with van der Waals surface area (Å²) < 4.78 is 10.2. The fourth-order valence-electron chi connectivity index (χ4n) is 2.65. The number of benzene rings is 2. The summed E-state index contributed by atoms with van der Waals surface area (Å²) in [5, 5.41) is 6.51. The first kappa shape index (κ1) is 22.0. The Balaban J connectivity index is 1.64. The lowest BCUT2D eigenvalue weighted by Gasteiger charge is -2.05.